The Balaban J connectivity index is 1.57. The van der Waals surface area contributed by atoms with Crippen LogP contribution in [0.4, 0.5) is 15.9 Å². The molecule has 2 atom stereocenters. The lowest BCUT2D eigenvalue weighted by Crippen LogP contribution is -2.23. The van der Waals surface area contributed by atoms with Gasteiger partial charge in [0.1, 0.15) is 17.8 Å². The molecule has 0 amide bonds. The third-order valence-electron chi connectivity index (χ3n) is 6.12. The van der Waals surface area contributed by atoms with Crippen LogP contribution in [-0.2, 0) is 6.61 Å². The minimum absolute atomic E-state index is 0.0145. The van der Waals surface area contributed by atoms with E-state index in [1.165, 1.54) is 12.1 Å². The summed E-state index contributed by atoms with van der Waals surface area (Å²) >= 11 is 0. The summed E-state index contributed by atoms with van der Waals surface area (Å²) in [7, 11) is 0. The summed E-state index contributed by atoms with van der Waals surface area (Å²) in [5, 5.41) is 18.7. The number of rotatable bonds is 6. The quantitative estimate of drug-likeness (QED) is 0.388. The summed E-state index contributed by atoms with van der Waals surface area (Å²) < 4.78 is 21.5. The molecule has 5 rings (SSSR count). The van der Waals surface area contributed by atoms with Crippen molar-refractivity contribution in [3.63, 3.8) is 0 Å². The zero-order valence-corrected chi connectivity index (χ0v) is 18.1. The first kappa shape index (κ1) is 21.0. The predicted octanol–water partition coefficient (Wildman–Crippen LogP) is 6.15. The summed E-state index contributed by atoms with van der Waals surface area (Å²) in [5.74, 6) is 0.650. The van der Waals surface area contributed by atoms with Crippen LogP contribution >= 0.6 is 0 Å². The molecule has 0 radical (unpaired) electrons. The van der Waals surface area contributed by atoms with Crippen LogP contribution < -0.4 is 10.1 Å². The van der Waals surface area contributed by atoms with Crippen molar-refractivity contribution in [2.45, 2.75) is 38.3 Å². The fourth-order valence-electron chi connectivity index (χ4n) is 4.46. The van der Waals surface area contributed by atoms with Gasteiger partial charge in [0, 0.05) is 11.9 Å². The summed E-state index contributed by atoms with van der Waals surface area (Å²) in [5.41, 5.74) is 2.61. The number of benzene rings is 2. The molecular formula is C26H24FN5O. The number of anilines is 2. The van der Waals surface area contributed by atoms with Crippen molar-refractivity contribution in [2.75, 3.05) is 5.32 Å². The van der Waals surface area contributed by atoms with Gasteiger partial charge in [0.05, 0.1) is 23.5 Å². The standard InChI is InChI=1S/C26H24FN5O/c27-20-10-12-21(13-11-20)30-25-24-23(32(31-25)22-9-5-4-8-19(22)16-28)14-15-29-26(24)33-17-18-6-2-1-3-7-18/h1-3,6-7,10-15,19,22H,4-5,8-9,17H2,(H,30,31)/t19-,22-/m0/s1. The van der Waals surface area contributed by atoms with Gasteiger partial charge in [0.25, 0.3) is 0 Å². The van der Waals surface area contributed by atoms with Gasteiger partial charge in [-0.15, -0.1) is 0 Å². The molecule has 2 heterocycles. The van der Waals surface area contributed by atoms with Gasteiger partial charge in [-0.3, -0.25) is 4.68 Å². The molecule has 1 aliphatic carbocycles. The van der Waals surface area contributed by atoms with Gasteiger partial charge >= 0.3 is 0 Å². The molecular weight excluding hydrogens is 417 g/mol. The number of nitrogens with one attached hydrogen (secondary N) is 1. The second kappa shape index (κ2) is 9.29. The Morgan fingerprint density at radius 1 is 1.06 bits per heavy atom. The average molecular weight is 442 g/mol. The van der Waals surface area contributed by atoms with Gasteiger partial charge in [-0.1, -0.05) is 43.2 Å². The topological polar surface area (TPSA) is 75.8 Å². The molecule has 33 heavy (non-hydrogen) atoms. The molecule has 1 aliphatic rings. The highest BCUT2D eigenvalue weighted by molar-refractivity contribution is 5.96. The van der Waals surface area contributed by atoms with Crippen LogP contribution in [0, 0.1) is 23.1 Å². The van der Waals surface area contributed by atoms with Crippen LogP contribution in [0.15, 0.2) is 66.9 Å². The van der Waals surface area contributed by atoms with Crippen molar-refractivity contribution in [2.24, 2.45) is 5.92 Å². The van der Waals surface area contributed by atoms with Crippen molar-refractivity contribution in [1.82, 2.24) is 14.8 Å². The van der Waals surface area contributed by atoms with Crippen molar-refractivity contribution in [3.8, 4) is 11.9 Å². The maximum Gasteiger partial charge on any atom is 0.227 e. The number of ether oxygens (including phenoxy) is 1. The molecule has 2 aromatic carbocycles. The van der Waals surface area contributed by atoms with E-state index in [-0.39, 0.29) is 17.8 Å². The monoisotopic (exact) mass is 441 g/mol. The number of nitrogens with zero attached hydrogens (tertiary/aromatic N) is 4. The Bertz CT molecular complexity index is 1280. The third kappa shape index (κ3) is 4.37. The second-order valence-electron chi connectivity index (χ2n) is 8.30. The Kier molecular flexibility index (Phi) is 5.90. The van der Waals surface area contributed by atoms with Gasteiger partial charge in [0.2, 0.25) is 5.88 Å². The first-order valence-electron chi connectivity index (χ1n) is 11.2. The lowest BCUT2D eigenvalue weighted by atomic mass is 9.85. The van der Waals surface area contributed by atoms with E-state index < -0.39 is 0 Å². The smallest absolute Gasteiger partial charge is 0.227 e. The zero-order valence-electron chi connectivity index (χ0n) is 18.1. The molecule has 0 aliphatic heterocycles. The zero-order chi connectivity index (χ0) is 22.6. The summed E-state index contributed by atoms with van der Waals surface area (Å²) in [6.45, 7) is 0.373. The Morgan fingerprint density at radius 3 is 2.64 bits per heavy atom. The maximum absolute atomic E-state index is 13.4. The van der Waals surface area contributed by atoms with E-state index in [9.17, 15) is 9.65 Å². The fraction of sp³-hybridized carbons (Fsp3) is 0.269. The van der Waals surface area contributed by atoms with Gasteiger partial charge in [-0.05, 0) is 48.7 Å². The molecule has 166 valence electrons. The summed E-state index contributed by atoms with van der Waals surface area (Å²) in [6.07, 6.45) is 5.60. The highest BCUT2D eigenvalue weighted by Gasteiger charge is 2.30. The molecule has 1 saturated carbocycles. The summed E-state index contributed by atoms with van der Waals surface area (Å²) in [6, 6.07) is 20.4. The van der Waals surface area contributed by atoms with Gasteiger partial charge in [-0.25, -0.2) is 9.37 Å². The number of aromatic nitrogens is 3. The highest BCUT2D eigenvalue weighted by Crippen LogP contribution is 2.39. The number of hydrogen-bond acceptors (Lipinski definition) is 5. The largest absolute Gasteiger partial charge is 0.472 e. The molecule has 1 N–H and O–H groups in total. The number of halogens is 1. The van der Waals surface area contributed by atoms with Crippen molar-refractivity contribution >= 4 is 22.4 Å². The molecule has 0 bridgehead atoms. The molecule has 7 heteroatoms. The highest BCUT2D eigenvalue weighted by atomic mass is 19.1. The van der Waals surface area contributed by atoms with E-state index >= 15 is 0 Å². The van der Waals surface area contributed by atoms with Crippen LogP contribution in [0.2, 0.25) is 0 Å². The van der Waals surface area contributed by atoms with Gasteiger partial charge in [0.15, 0.2) is 5.82 Å². The number of nitriles is 1. The van der Waals surface area contributed by atoms with Gasteiger partial charge < -0.3 is 10.1 Å². The van der Waals surface area contributed by atoms with E-state index in [1.807, 2.05) is 41.1 Å². The summed E-state index contributed by atoms with van der Waals surface area (Å²) in [4.78, 5) is 4.50. The number of hydrogen-bond donors (Lipinski definition) is 1. The Morgan fingerprint density at radius 2 is 1.85 bits per heavy atom. The molecule has 4 aromatic rings. The fourth-order valence-corrected chi connectivity index (χ4v) is 4.46. The van der Waals surface area contributed by atoms with Crippen LogP contribution in [-0.4, -0.2) is 14.8 Å². The lowest BCUT2D eigenvalue weighted by molar-refractivity contribution is 0.277. The third-order valence-corrected chi connectivity index (χ3v) is 6.12. The van der Waals surface area contributed by atoms with E-state index in [1.54, 1.807) is 18.3 Å². The van der Waals surface area contributed by atoms with E-state index in [0.29, 0.717) is 24.0 Å². The molecule has 6 nitrogen and oxygen atoms in total. The number of pyridine rings is 1. The number of fused-ring (bicyclic) bond motifs is 1. The van der Waals surface area contributed by atoms with Crippen molar-refractivity contribution in [1.29, 1.82) is 5.26 Å². The first-order valence-corrected chi connectivity index (χ1v) is 11.2. The maximum atomic E-state index is 13.4. The van der Waals surface area contributed by atoms with Crippen LogP contribution in [0.25, 0.3) is 10.9 Å². The molecule has 0 unspecified atom stereocenters. The minimum Gasteiger partial charge on any atom is -0.472 e. The Labute approximate surface area is 191 Å². The van der Waals surface area contributed by atoms with Crippen molar-refractivity contribution in [3.05, 3.63) is 78.2 Å². The molecule has 0 saturated heterocycles. The Hall–Kier alpha value is -3.92. The first-order chi connectivity index (χ1) is 16.2. The normalized spacial score (nSPS) is 18.1. The second-order valence-corrected chi connectivity index (χ2v) is 8.30. The van der Waals surface area contributed by atoms with Crippen molar-refractivity contribution < 1.29 is 9.13 Å². The van der Waals surface area contributed by atoms with Crippen LogP contribution in [0.5, 0.6) is 5.88 Å². The van der Waals surface area contributed by atoms with Crippen LogP contribution in [0.3, 0.4) is 0 Å². The van der Waals surface area contributed by atoms with Gasteiger partial charge in [-0.2, -0.15) is 10.4 Å². The van der Waals surface area contributed by atoms with E-state index in [0.717, 1.165) is 42.1 Å². The van der Waals surface area contributed by atoms with E-state index in [2.05, 4.69) is 16.4 Å². The van der Waals surface area contributed by atoms with E-state index in [4.69, 9.17) is 9.84 Å². The minimum atomic E-state index is -0.302. The SMILES string of the molecule is N#C[C@@H]1CCCC[C@@H]1n1nc(Nc2ccc(F)cc2)c2c(OCc3ccccc3)nccc21. The molecule has 1 fully saturated rings. The molecule has 2 aromatic heterocycles. The molecule has 0 spiro atoms. The lowest BCUT2D eigenvalue weighted by Gasteiger charge is -2.27. The average Bonchev–Trinajstić information content (AvgIpc) is 3.23. The predicted molar refractivity (Wildman–Crippen MR) is 125 cm³/mol. The van der Waals surface area contributed by atoms with Crippen LogP contribution in [0.1, 0.15) is 37.3 Å².